The molecule has 4 heteroatoms. The molecule has 1 atom stereocenters. The molecule has 0 saturated carbocycles. The second kappa shape index (κ2) is 6.57. The SMILES string of the molecule is CC(O)c1ccc(NC(=O)N2CCCCCC2)cc1. The van der Waals surface area contributed by atoms with Crippen LogP contribution in [0.2, 0.25) is 0 Å². The van der Waals surface area contributed by atoms with E-state index in [0.717, 1.165) is 37.2 Å². The van der Waals surface area contributed by atoms with Crippen LogP contribution in [0.4, 0.5) is 10.5 Å². The zero-order valence-corrected chi connectivity index (χ0v) is 11.4. The summed E-state index contributed by atoms with van der Waals surface area (Å²) < 4.78 is 0. The highest BCUT2D eigenvalue weighted by Gasteiger charge is 2.15. The van der Waals surface area contributed by atoms with Crippen molar-refractivity contribution in [3.05, 3.63) is 29.8 Å². The molecule has 0 aromatic heterocycles. The van der Waals surface area contributed by atoms with Crippen LogP contribution in [0.5, 0.6) is 0 Å². The molecule has 2 rings (SSSR count). The first kappa shape index (κ1) is 13.9. The van der Waals surface area contributed by atoms with Crippen molar-refractivity contribution in [3.8, 4) is 0 Å². The number of aliphatic hydroxyl groups is 1. The van der Waals surface area contributed by atoms with Crippen molar-refractivity contribution >= 4 is 11.7 Å². The lowest BCUT2D eigenvalue weighted by Gasteiger charge is -2.20. The highest BCUT2D eigenvalue weighted by Crippen LogP contribution is 2.17. The summed E-state index contributed by atoms with van der Waals surface area (Å²) in [4.78, 5) is 14.0. The third-order valence-corrected chi connectivity index (χ3v) is 3.54. The standard InChI is InChI=1S/C15H22N2O2/c1-12(18)13-6-8-14(9-7-13)16-15(19)17-10-4-2-3-5-11-17/h6-9,12,18H,2-5,10-11H2,1H3,(H,16,19). The molecule has 0 spiro atoms. The molecule has 104 valence electrons. The molecule has 1 unspecified atom stereocenters. The molecule has 1 fully saturated rings. The lowest BCUT2D eigenvalue weighted by molar-refractivity contribution is 0.199. The fourth-order valence-corrected chi connectivity index (χ4v) is 2.32. The molecule has 0 radical (unpaired) electrons. The van der Waals surface area contributed by atoms with Gasteiger partial charge in [0.05, 0.1) is 6.10 Å². The van der Waals surface area contributed by atoms with Gasteiger partial charge in [-0.05, 0) is 37.5 Å². The summed E-state index contributed by atoms with van der Waals surface area (Å²) in [6.45, 7) is 3.42. The lowest BCUT2D eigenvalue weighted by atomic mass is 10.1. The van der Waals surface area contributed by atoms with Gasteiger partial charge < -0.3 is 15.3 Å². The number of nitrogens with one attached hydrogen (secondary N) is 1. The monoisotopic (exact) mass is 262 g/mol. The van der Waals surface area contributed by atoms with Gasteiger partial charge in [-0.25, -0.2) is 4.79 Å². The van der Waals surface area contributed by atoms with Crippen LogP contribution in [-0.4, -0.2) is 29.1 Å². The summed E-state index contributed by atoms with van der Waals surface area (Å²) >= 11 is 0. The molecule has 4 nitrogen and oxygen atoms in total. The molecule has 1 heterocycles. The molecule has 1 saturated heterocycles. The predicted octanol–water partition coefficient (Wildman–Crippen LogP) is 3.15. The van der Waals surface area contributed by atoms with E-state index >= 15 is 0 Å². The third kappa shape index (κ3) is 3.96. The van der Waals surface area contributed by atoms with Crippen molar-refractivity contribution in [2.24, 2.45) is 0 Å². The number of urea groups is 1. The van der Waals surface area contributed by atoms with Crippen LogP contribution in [0.25, 0.3) is 0 Å². The largest absolute Gasteiger partial charge is 0.389 e. The Bertz CT molecular complexity index is 407. The molecule has 0 aliphatic carbocycles. The molecule has 1 aliphatic heterocycles. The van der Waals surface area contributed by atoms with Crippen molar-refractivity contribution in [1.29, 1.82) is 0 Å². The summed E-state index contributed by atoms with van der Waals surface area (Å²) in [7, 11) is 0. The Kier molecular flexibility index (Phi) is 4.80. The Hall–Kier alpha value is -1.55. The number of hydrogen-bond acceptors (Lipinski definition) is 2. The summed E-state index contributed by atoms with van der Waals surface area (Å²) in [5.74, 6) is 0. The van der Waals surface area contributed by atoms with Crippen LogP contribution in [0, 0.1) is 0 Å². The van der Waals surface area contributed by atoms with E-state index in [1.165, 1.54) is 12.8 Å². The average molecular weight is 262 g/mol. The summed E-state index contributed by atoms with van der Waals surface area (Å²) in [5, 5.41) is 12.3. The molecule has 1 aromatic carbocycles. The van der Waals surface area contributed by atoms with Crippen LogP contribution in [-0.2, 0) is 0 Å². The summed E-state index contributed by atoms with van der Waals surface area (Å²) in [5.41, 5.74) is 1.63. The predicted molar refractivity (Wildman–Crippen MR) is 76.1 cm³/mol. The Labute approximate surface area is 114 Å². The van der Waals surface area contributed by atoms with Gasteiger partial charge in [-0.1, -0.05) is 25.0 Å². The first-order valence-electron chi connectivity index (χ1n) is 7.01. The minimum Gasteiger partial charge on any atom is -0.389 e. The number of nitrogens with zero attached hydrogens (tertiary/aromatic N) is 1. The average Bonchev–Trinajstić information content (AvgIpc) is 2.68. The number of rotatable bonds is 2. The van der Waals surface area contributed by atoms with Crippen LogP contribution < -0.4 is 5.32 Å². The summed E-state index contributed by atoms with van der Waals surface area (Å²) in [6, 6.07) is 7.31. The number of benzene rings is 1. The Balaban J connectivity index is 1.94. The Morgan fingerprint density at radius 1 is 1.16 bits per heavy atom. The molecule has 1 aromatic rings. The van der Waals surface area contributed by atoms with E-state index in [9.17, 15) is 9.90 Å². The Morgan fingerprint density at radius 3 is 2.26 bits per heavy atom. The van der Waals surface area contributed by atoms with Gasteiger partial charge in [-0.15, -0.1) is 0 Å². The molecule has 0 bridgehead atoms. The molecule has 19 heavy (non-hydrogen) atoms. The van der Waals surface area contributed by atoms with Gasteiger partial charge >= 0.3 is 6.03 Å². The number of likely N-dealkylation sites (tertiary alicyclic amines) is 1. The molecule has 2 N–H and O–H groups in total. The Morgan fingerprint density at radius 2 is 1.74 bits per heavy atom. The smallest absolute Gasteiger partial charge is 0.321 e. The molecule has 2 amide bonds. The van der Waals surface area contributed by atoms with Gasteiger partial charge in [0.15, 0.2) is 0 Å². The first-order valence-corrected chi connectivity index (χ1v) is 7.01. The molecule has 1 aliphatic rings. The van der Waals surface area contributed by atoms with E-state index in [2.05, 4.69) is 5.32 Å². The van der Waals surface area contributed by atoms with Crippen LogP contribution in [0.3, 0.4) is 0 Å². The van der Waals surface area contributed by atoms with E-state index in [4.69, 9.17) is 0 Å². The second-order valence-corrected chi connectivity index (χ2v) is 5.13. The van der Waals surface area contributed by atoms with Crippen molar-refractivity contribution < 1.29 is 9.90 Å². The highest BCUT2D eigenvalue weighted by molar-refractivity contribution is 5.89. The van der Waals surface area contributed by atoms with Gasteiger partial charge in [0, 0.05) is 18.8 Å². The number of carbonyl (C=O) groups excluding carboxylic acids is 1. The topological polar surface area (TPSA) is 52.6 Å². The zero-order chi connectivity index (χ0) is 13.7. The van der Waals surface area contributed by atoms with Crippen LogP contribution in [0.1, 0.15) is 44.3 Å². The van der Waals surface area contributed by atoms with Gasteiger partial charge in [0.1, 0.15) is 0 Å². The van der Waals surface area contributed by atoms with Crippen molar-refractivity contribution in [2.75, 3.05) is 18.4 Å². The van der Waals surface area contributed by atoms with Crippen molar-refractivity contribution in [1.82, 2.24) is 4.90 Å². The fraction of sp³-hybridized carbons (Fsp3) is 0.533. The minimum absolute atomic E-state index is 0.0216. The number of amides is 2. The quantitative estimate of drug-likeness (QED) is 0.860. The summed E-state index contributed by atoms with van der Waals surface area (Å²) in [6.07, 6.45) is 4.14. The maximum absolute atomic E-state index is 12.1. The van der Waals surface area contributed by atoms with E-state index in [1.54, 1.807) is 6.92 Å². The van der Waals surface area contributed by atoms with Crippen LogP contribution in [0.15, 0.2) is 24.3 Å². The first-order chi connectivity index (χ1) is 9.16. The van der Waals surface area contributed by atoms with E-state index < -0.39 is 6.10 Å². The van der Waals surface area contributed by atoms with Crippen molar-refractivity contribution in [2.45, 2.75) is 38.7 Å². The highest BCUT2D eigenvalue weighted by atomic mass is 16.3. The van der Waals surface area contributed by atoms with Gasteiger partial charge in [0.2, 0.25) is 0 Å². The zero-order valence-electron chi connectivity index (χ0n) is 11.4. The van der Waals surface area contributed by atoms with Crippen LogP contribution >= 0.6 is 0 Å². The van der Waals surface area contributed by atoms with E-state index in [-0.39, 0.29) is 6.03 Å². The van der Waals surface area contributed by atoms with E-state index in [1.807, 2.05) is 29.2 Å². The second-order valence-electron chi connectivity index (χ2n) is 5.13. The third-order valence-electron chi connectivity index (χ3n) is 3.54. The number of aliphatic hydroxyl groups excluding tert-OH is 1. The molecular formula is C15H22N2O2. The number of anilines is 1. The van der Waals surface area contributed by atoms with Gasteiger partial charge in [0.25, 0.3) is 0 Å². The number of hydrogen-bond donors (Lipinski definition) is 2. The maximum Gasteiger partial charge on any atom is 0.321 e. The fourth-order valence-electron chi connectivity index (χ4n) is 2.32. The molecular weight excluding hydrogens is 240 g/mol. The lowest BCUT2D eigenvalue weighted by Crippen LogP contribution is -2.35. The maximum atomic E-state index is 12.1. The van der Waals surface area contributed by atoms with Crippen molar-refractivity contribution in [3.63, 3.8) is 0 Å². The van der Waals surface area contributed by atoms with E-state index in [0.29, 0.717) is 0 Å². The van der Waals surface area contributed by atoms with Gasteiger partial charge in [-0.2, -0.15) is 0 Å². The minimum atomic E-state index is -0.477. The number of carbonyl (C=O) groups is 1. The van der Waals surface area contributed by atoms with Gasteiger partial charge in [-0.3, -0.25) is 0 Å². The normalized spacial score (nSPS) is 17.7.